The monoisotopic (exact) mass is 164 g/mol. The van der Waals surface area contributed by atoms with Gasteiger partial charge in [-0.05, 0) is 6.42 Å². The highest BCUT2D eigenvalue weighted by Crippen LogP contribution is 1.98. The molecule has 0 aromatic heterocycles. The van der Waals surface area contributed by atoms with Gasteiger partial charge >= 0.3 is 10.1 Å². The Labute approximate surface area is 61.8 Å². The van der Waals surface area contributed by atoms with Crippen molar-refractivity contribution in [2.75, 3.05) is 5.75 Å². The molecule has 60 valence electrons. The van der Waals surface area contributed by atoms with Crippen LogP contribution in [0, 0.1) is 0 Å². The Bertz CT molecular complexity index is 181. The number of hydrogen-bond donors (Lipinski definition) is 0. The van der Waals surface area contributed by atoms with Crippen LogP contribution in [0.1, 0.15) is 19.8 Å². The number of hydrogen-bond acceptors (Lipinski definition) is 3. The molecule has 0 fully saturated rings. The van der Waals surface area contributed by atoms with Gasteiger partial charge in [0, 0.05) is 0 Å². The molecule has 0 heterocycles. The van der Waals surface area contributed by atoms with Gasteiger partial charge in [0.05, 0.1) is 12.0 Å². The van der Waals surface area contributed by atoms with Crippen molar-refractivity contribution < 1.29 is 12.6 Å². The van der Waals surface area contributed by atoms with Gasteiger partial charge < -0.3 is 4.18 Å². The molecule has 0 N–H and O–H groups in total. The van der Waals surface area contributed by atoms with Gasteiger partial charge in [-0.1, -0.05) is 19.9 Å². The Balaban J connectivity index is 3.76. The molecule has 4 heteroatoms. The summed E-state index contributed by atoms with van der Waals surface area (Å²) in [5.41, 5.74) is 0. The second-order valence-corrected chi connectivity index (χ2v) is 3.59. The Morgan fingerprint density at radius 2 is 2.20 bits per heavy atom. The predicted octanol–water partition coefficient (Wildman–Crippen LogP) is 1.28. The van der Waals surface area contributed by atoms with Crippen LogP contribution >= 0.6 is 0 Å². The van der Waals surface area contributed by atoms with Gasteiger partial charge in [-0.15, -0.1) is 0 Å². The van der Waals surface area contributed by atoms with E-state index in [-0.39, 0.29) is 5.75 Å². The van der Waals surface area contributed by atoms with E-state index in [0.717, 1.165) is 12.7 Å². The van der Waals surface area contributed by atoms with Crippen LogP contribution in [0.4, 0.5) is 0 Å². The molecule has 0 aliphatic heterocycles. The first-order chi connectivity index (χ1) is 4.62. The third kappa shape index (κ3) is 4.38. The molecule has 0 saturated carbocycles. The van der Waals surface area contributed by atoms with Crippen LogP contribution < -0.4 is 0 Å². The molecule has 0 radical (unpaired) electrons. The first-order valence-electron chi connectivity index (χ1n) is 3.14. The van der Waals surface area contributed by atoms with E-state index in [2.05, 4.69) is 10.8 Å². The zero-order valence-corrected chi connectivity index (χ0v) is 6.86. The van der Waals surface area contributed by atoms with E-state index in [1.165, 1.54) is 0 Å². The third-order valence-electron chi connectivity index (χ3n) is 0.963. The van der Waals surface area contributed by atoms with Gasteiger partial charge in [0.15, 0.2) is 0 Å². The molecule has 0 atom stereocenters. The molecule has 0 rings (SSSR count). The maximum Gasteiger partial charge on any atom is 0.308 e. The molecule has 0 aliphatic rings. The van der Waals surface area contributed by atoms with E-state index in [1.54, 1.807) is 0 Å². The molecule has 0 amide bonds. The lowest BCUT2D eigenvalue weighted by Gasteiger charge is -1.99. The minimum Gasteiger partial charge on any atom is -0.391 e. The molecular weight excluding hydrogens is 152 g/mol. The summed E-state index contributed by atoms with van der Waals surface area (Å²) in [5.74, 6) is 0.0789. The molecule has 0 saturated heterocycles. The minimum absolute atomic E-state index is 0.0789. The second kappa shape index (κ2) is 4.33. The van der Waals surface area contributed by atoms with Crippen LogP contribution in [0.15, 0.2) is 12.8 Å². The van der Waals surface area contributed by atoms with Crippen LogP contribution in [0.3, 0.4) is 0 Å². The first-order valence-corrected chi connectivity index (χ1v) is 4.72. The van der Waals surface area contributed by atoms with Crippen LogP contribution in [0.2, 0.25) is 0 Å². The Kier molecular flexibility index (Phi) is 4.11. The Morgan fingerprint density at radius 1 is 1.60 bits per heavy atom. The van der Waals surface area contributed by atoms with Crippen molar-refractivity contribution in [3.63, 3.8) is 0 Å². The van der Waals surface area contributed by atoms with Crippen molar-refractivity contribution in [1.29, 1.82) is 0 Å². The summed E-state index contributed by atoms with van der Waals surface area (Å²) in [5, 5.41) is 0. The fourth-order valence-electron chi connectivity index (χ4n) is 0.473. The molecule has 3 nitrogen and oxygen atoms in total. The van der Waals surface area contributed by atoms with Gasteiger partial charge in [-0.2, -0.15) is 8.42 Å². The van der Waals surface area contributed by atoms with Gasteiger partial charge in [0.25, 0.3) is 0 Å². The summed E-state index contributed by atoms with van der Waals surface area (Å²) in [6.07, 6.45) is 2.42. The quantitative estimate of drug-likeness (QED) is 0.454. The summed E-state index contributed by atoms with van der Waals surface area (Å²) in [6.45, 7) is 5.07. The first kappa shape index (κ1) is 9.49. The lowest BCUT2D eigenvalue weighted by Crippen LogP contribution is -2.06. The Hall–Kier alpha value is -0.510. The highest BCUT2D eigenvalue weighted by molar-refractivity contribution is 7.86. The number of rotatable bonds is 5. The van der Waals surface area contributed by atoms with E-state index in [4.69, 9.17) is 0 Å². The molecule has 10 heavy (non-hydrogen) atoms. The van der Waals surface area contributed by atoms with E-state index in [9.17, 15) is 8.42 Å². The van der Waals surface area contributed by atoms with Gasteiger partial charge in [0.1, 0.15) is 0 Å². The summed E-state index contributed by atoms with van der Waals surface area (Å²) in [7, 11) is -3.31. The van der Waals surface area contributed by atoms with Gasteiger partial charge in [-0.3, -0.25) is 0 Å². The summed E-state index contributed by atoms with van der Waals surface area (Å²) >= 11 is 0. The highest BCUT2D eigenvalue weighted by atomic mass is 32.2. The van der Waals surface area contributed by atoms with Crippen LogP contribution in [-0.4, -0.2) is 14.2 Å². The summed E-state index contributed by atoms with van der Waals surface area (Å²) in [6, 6.07) is 0. The van der Waals surface area contributed by atoms with E-state index < -0.39 is 10.1 Å². The van der Waals surface area contributed by atoms with Crippen molar-refractivity contribution in [3.05, 3.63) is 12.8 Å². The fourth-order valence-corrected chi connectivity index (χ4v) is 1.42. The maximum atomic E-state index is 10.7. The average molecular weight is 164 g/mol. The largest absolute Gasteiger partial charge is 0.391 e. The van der Waals surface area contributed by atoms with E-state index in [1.807, 2.05) is 6.92 Å². The zero-order valence-electron chi connectivity index (χ0n) is 6.04. The van der Waals surface area contributed by atoms with Gasteiger partial charge in [0.2, 0.25) is 0 Å². The molecule has 0 aliphatic carbocycles. The number of unbranched alkanes of at least 4 members (excludes halogenated alkanes) is 1. The molecule has 0 unspecified atom stereocenters. The third-order valence-corrected chi connectivity index (χ3v) is 2.18. The molecule has 0 bridgehead atoms. The van der Waals surface area contributed by atoms with Crippen molar-refractivity contribution in [3.8, 4) is 0 Å². The van der Waals surface area contributed by atoms with Crippen molar-refractivity contribution >= 4 is 10.1 Å². The highest BCUT2D eigenvalue weighted by Gasteiger charge is 2.06. The van der Waals surface area contributed by atoms with Crippen molar-refractivity contribution in [1.82, 2.24) is 0 Å². The lowest BCUT2D eigenvalue weighted by atomic mass is 10.4. The minimum atomic E-state index is -3.31. The second-order valence-electron chi connectivity index (χ2n) is 1.88. The normalized spacial score (nSPS) is 10.9. The van der Waals surface area contributed by atoms with Crippen LogP contribution in [-0.2, 0) is 14.3 Å². The smallest absolute Gasteiger partial charge is 0.308 e. The predicted molar refractivity (Wildman–Crippen MR) is 40.0 cm³/mol. The molecule has 0 aromatic rings. The summed E-state index contributed by atoms with van der Waals surface area (Å²) < 4.78 is 25.7. The van der Waals surface area contributed by atoms with E-state index >= 15 is 0 Å². The lowest BCUT2D eigenvalue weighted by molar-refractivity contribution is 0.443. The SMILES string of the molecule is C=COS(=O)(=O)CCCC. The topological polar surface area (TPSA) is 43.4 Å². The van der Waals surface area contributed by atoms with Crippen molar-refractivity contribution in [2.45, 2.75) is 19.8 Å². The zero-order chi connectivity index (χ0) is 8.04. The Morgan fingerprint density at radius 3 is 2.60 bits per heavy atom. The van der Waals surface area contributed by atoms with Crippen LogP contribution in [0.5, 0.6) is 0 Å². The summed E-state index contributed by atoms with van der Waals surface area (Å²) in [4.78, 5) is 0. The fraction of sp³-hybridized carbons (Fsp3) is 0.667. The van der Waals surface area contributed by atoms with Crippen molar-refractivity contribution in [2.24, 2.45) is 0 Å². The molecule has 0 aromatic carbocycles. The van der Waals surface area contributed by atoms with Gasteiger partial charge in [-0.25, -0.2) is 0 Å². The maximum absolute atomic E-state index is 10.7. The standard InChI is InChI=1S/C6H12O3S/c1-3-5-6-10(7,8)9-4-2/h4H,2-3,5-6H2,1H3. The average Bonchev–Trinajstić information content (AvgIpc) is 1.84. The van der Waals surface area contributed by atoms with E-state index in [0.29, 0.717) is 6.42 Å². The van der Waals surface area contributed by atoms with Crippen LogP contribution in [0.25, 0.3) is 0 Å². The molecule has 0 spiro atoms. The molecular formula is C6H12O3S.